The molecule has 0 unspecified atom stereocenters. The number of aliphatic hydroxyl groups is 1. The molecule has 1 aromatic rings. The normalized spacial score (nSPS) is 11.8. The highest BCUT2D eigenvalue weighted by Gasteiger charge is 2.32. The molecular formula is C10H11ClF2O. The maximum absolute atomic E-state index is 13.4. The van der Waals surface area contributed by atoms with Crippen LogP contribution in [0.5, 0.6) is 0 Å². The van der Waals surface area contributed by atoms with Crippen LogP contribution < -0.4 is 0 Å². The third kappa shape index (κ3) is 2.42. The predicted octanol–water partition coefficient (Wildman–Crippen LogP) is 3.12. The first-order valence-corrected chi connectivity index (χ1v) is 4.60. The fraction of sp³-hybridized carbons (Fsp3) is 0.400. The summed E-state index contributed by atoms with van der Waals surface area (Å²) < 4.78 is 26.7. The molecule has 0 atom stereocenters. The van der Waals surface area contributed by atoms with E-state index in [0.717, 1.165) is 5.56 Å². The summed E-state index contributed by atoms with van der Waals surface area (Å²) in [5.74, 6) is -3.06. The lowest BCUT2D eigenvalue weighted by Crippen LogP contribution is -2.16. The minimum Gasteiger partial charge on any atom is -0.396 e. The van der Waals surface area contributed by atoms with Gasteiger partial charge in [0, 0.05) is 23.6 Å². The van der Waals surface area contributed by atoms with E-state index in [9.17, 15) is 8.78 Å². The van der Waals surface area contributed by atoms with Crippen LogP contribution in [0.15, 0.2) is 18.2 Å². The first-order valence-electron chi connectivity index (χ1n) is 4.22. The van der Waals surface area contributed by atoms with Gasteiger partial charge in [-0.15, -0.1) is 0 Å². The molecule has 0 fully saturated rings. The van der Waals surface area contributed by atoms with Crippen molar-refractivity contribution in [2.24, 2.45) is 0 Å². The van der Waals surface area contributed by atoms with Crippen LogP contribution >= 0.6 is 11.6 Å². The fourth-order valence-electron chi connectivity index (χ4n) is 1.19. The quantitative estimate of drug-likeness (QED) is 0.830. The van der Waals surface area contributed by atoms with Gasteiger partial charge in [0.05, 0.1) is 0 Å². The van der Waals surface area contributed by atoms with Crippen molar-refractivity contribution in [2.75, 3.05) is 6.61 Å². The highest BCUT2D eigenvalue weighted by molar-refractivity contribution is 6.31. The summed E-state index contributed by atoms with van der Waals surface area (Å²) >= 11 is 5.65. The van der Waals surface area contributed by atoms with Crippen LogP contribution in [0, 0.1) is 6.92 Å². The smallest absolute Gasteiger partial charge is 0.276 e. The predicted molar refractivity (Wildman–Crippen MR) is 51.8 cm³/mol. The van der Waals surface area contributed by atoms with E-state index in [0.29, 0.717) is 0 Å². The molecule has 0 saturated heterocycles. The summed E-state index contributed by atoms with van der Waals surface area (Å²) in [4.78, 5) is 0. The Morgan fingerprint density at radius 1 is 1.43 bits per heavy atom. The summed E-state index contributed by atoms with van der Waals surface area (Å²) in [6.45, 7) is 1.16. The molecule has 0 amide bonds. The monoisotopic (exact) mass is 220 g/mol. The van der Waals surface area contributed by atoms with Gasteiger partial charge in [0.2, 0.25) is 0 Å². The lowest BCUT2D eigenvalue weighted by Gasteiger charge is -2.17. The van der Waals surface area contributed by atoms with Crippen LogP contribution in [0.2, 0.25) is 5.02 Å². The number of hydrogen-bond donors (Lipinski definition) is 1. The first-order chi connectivity index (χ1) is 6.47. The van der Waals surface area contributed by atoms with E-state index in [1.165, 1.54) is 12.1 Å². The van der Waals surface area contributed by atoms with Gasteiger partial charge in [0.15, 0.2) is 0 Å². The second-order valence-corrected chi connectivity index (χ2v) is 3.57. The molecule has 0 radical (unpaired) electrons. The summed E-state index contributed by atoms with van der Waals surface area (Å²) in [7, 11) is 0. The average molecular weight is 221 g/mol. The summed E-state index contributed by atoms with van der Waals surface area (Å²) in [6.07, 6.45) is -0.601. The Labute approximate surface area is 86.3 Å². The highest BCUT2D eigenvalue weighted by Crippen LogP contribution is 2.36. The van der Waals surface area contributed by atoms with Crippen LogP contribution in [0.1, 0.15) is 17.5 Å². The van der Waals surface area contributed by atoms with Gasteiger partial charge in [-0.3, -0.25) is 0 Å². The van der Waals surface area contributed by atoms with Gasteiger partial charge in [-0.1, -0.05) is 23.2 Å². The molecule has 0 saturated carbocycles. The van der Waals surface area contributed by atoms with Crippen molar-refractivity contribution in [3.63, 3.8) is 0 Å². The van der Waals surface area contributed by atoms with Crippen molar-refractivity contribution in [1.82, 2.24) is 0 Å². The summed E-state index contributed by atoms with van der Waals surface area (Å²) in [5, 5.41) is 8.54. The minimum atomic E-state index is -3.06. The topological polar surface area (TPSA) is 20.2 Å². The van der Waals surface area contributed by atoms with Crippen molar-refractivity contribution in [2.45, 2.75) is 19.3 Å². The Hall–Kier alpha value is -0.670. The first kappa shape index (κ1) is 11.4. The molecule has 0 aliphatic heterocycles. The molecule has 0 aromatic heterocycles. The van der Waals surface area contributed by atoms with E-state index in [1.54, 1.807) is 13.0 Å². The van der Waals surface area contributed by atoms with Gasteiger partial charge in [-0.05, 0) is 19.1 Å². The van der Waals surface area contributed by atoms with E-state index < -0.39 is 19.0 Å². The summed E-state index contributed by atoms with van der Waals surface area (Å²) in [5.41, 5.74) is 0.509. The maximum atomic E-state index is 13.4. The zero-order valence-electron chi connectivity index (χ0n) is 7.73. The van der Waals surface area contributed by atoms with Crippen LogP contribution in [0.3, 0.4) is 0 Å². The average Bonchev–Trinajstić information content (AvgIpc) is 2.09. The van der Waals surface area contributed by atoms with Gasteiger partial charge in [0.25, 0.3) is 5.92 Å². The molecule has 78 valence electrons. The number of rotatable bonds is 3. The molecule has 0 bridgehead atoms. The molecule has 14 heavy (non-hydrogen) atoms. The minimum absolute atomic E-state index is 0.0362. The number of alkyl halides is 2. The lowest BCUT2D eigenvalue weighted by molar-refractivity contribution is -0.0269. The van der Waals surface area contributed by atoms with E-state index in [2.05, 4.69) is 0 Å². The Balaban J connectivity index is 3.10. The third-order valence-electron chi connectivity index (χ3n) is 1.94. The Morgan fingerprint density at radius 2 is 2.07 bits per heavy atom. The number of hydrogen-bond acceptors (Lipinski definition) is 1. The Kier molecular flexibility index (Phi) is 3.45. The zero-order chi connectivity index (χ0) is 10.8. The van der Waals surface area contributed by atoms with Crippen LogP contribution in [-0.2, 0) is 5.92 Å². The van der Waals surface area contributed by atoms with Gasteiger partial charge in [-0.25, -0.2) is 8.78 Å². The Bertz CT molecular complexity index is 326. The van der Waals surface area contributed by atoms with Gasteiger partial charge >= 0.3 is 0 Å². The molecule has 0 aliphatic carbocycles. The SMILES string of the molecule is Cc1ccc(Cl)c(C(F)(F)CCO)c1. The highest BCUT2D eigenvalue weighted by atomic mass is 35.5. The van der Waals surface area contributed by atoms with E-state index in [4.69, 9.17) is 16.7 Å². The number of aliphatic hydroxyl groups excluding tert-OH is 1. The standard InChI is InChI=1S/C10H11ClF2O/c1-7-2-3-9(11)8(6-7)10(12,13)4-5-14/h2-3,6,14H,4-5H2,1H3. The van der Waals surface area contributed by atoms with E-state index in [-0.39, 0.29) is 10.6 Å². The van der Waals surface area contributed by atoms with Gasteiger partial charge in [0.1, 0.15) is 0 Å². The molecule has 0 spiro atoms. The lowest BCUT2D eigenvalue weighted by atomic mass is 10.0. The van der Waals surface area contributed by atoms with Crippen molar-refractivity contribution >= 4 is 11.6 Å². The van der Waals surface area contributed by atoms with Crippen molar-refractivity contribution in [3.8, 4) is 0 Å². The molecule has 4 heteroatoms. The molecule has 1 nitrogen and oxygen atoms in total. The van der Waals surface area contributed by atoms with E-state index >= 15 is 0 Å². The maximum Gasteiger partial charge on any atom is 0.276 e. The zero-order valence-corrected chi connectivity index (χ0v) is 8.48. The summed E-state index contributed by atoms with van der Waals surface area (Å²) in [6, 6.07) is 4.45. The number of halogens is 3. The molecular weight excluding hydrogens is 210 g/mol. The van der Waals surface area contributed by atoms with Crippen molar-refractivity contribution in [1.29, 1.82) is 0 Å². The number of benzene rings is 1. The van der Waals surface area contributed by atoms with Gasteiger partial charge < -0.3 is 5.11 Å². The van der Waals surface area contributed by atoms with E-state index in [1.807, 2.05) is 0 Å². The van der Waals surface area contributed by atoms with Crippen molar-refractivity contribution < 1.29 is 13.9 Å². The van der Waals surface area contributed by atoms with Crippen LogP contribution in [-0.4, -0.2) is 11.7 Å². The number of aryl methyl sites for hydroxylation is 1. The third-order valence-corrected chi connectivity index (χ3v) is 2.27. The second-order valence-electron chi connectivity index (χ2n) is 3.16. The molecule has 1 aromatic carbocycles. The molecule has 1 N–H and O–H groups in total. The fourth-order valence-corrected chi connectivity index (χ4v) is 1.45. The molecule has 0 aliphatic rings. The van der Waals surface area contributed by atoms with Crippen LogP contribution in [0.25, 0.3) is 0 Å². The second kappa shape index (κ2) is 4.24. The van der Waals surface area contributed by atoms with Crippen molar-refractivity contribution in [3.05, 3.63) is 34.3 Å². The van der Waals surface area contributed by atoms with Gasteiger partial charge in [-0.2, -0.15) is 0 Å². The molecule has 1 rings (SSSR count). The Morgan fingerprint density at radius 3 is 2.64 bits per heavy atom. The largest absolute Gasteiger partial charge is 0.396 e. The van der Waals surface area contributed by atoms with Crippen LogP contribution in [0.4, 0.5) is 8.78 Å². The molecule has 0 heterocycles.